The van der Waals surface area contributed by atoms with E-state index in [1.54, 1.807) is 48.7 Å². The van der Waals surface area contributed by atoms with Crippen molar-refractivity contribution in [1.82, 2.24) is 20.1 Å². The first-order chi connectivity index (χ1) is 15.4. The maximum absolute atomic E-state index is 14.4. The number of benzene rings is 2. The smallest absolute Gasteiger partial charge is 0.319 e. The number of carbonyl (C=O) groups excluding carboxylic acids is 1. The Kier molecular flexibility index (Phi) is 6.00. The van der Waals surface area contributed by atoms with Crippen LogP contribution in [0.3, 0.4) is 0 Å². The van der Waals surface area contributed by atoms with Gasteiger partial charge in [0.1, 0.15) is 28.7 Å². The van der Waals surface area contributed by atoms with Crippen LogP contribution in [0.1, 0.15) is 5.69 Å². The fourth-order valence-corrected chi connectivity index (χ4v) is 3.15. The van der Waals surface area contributed by atoms with Gasteiger partial charge in [-0.25, -0.2) is 18.3 Å². The number of urea groups is 1. The van der Waals surface area contributed by atoms with Crippen molar-refractivity contribution in [3.8, 4) is 16.9 Å². The summed E-state index contributed by atoms with van der Waals surface area (Å²) >= 11 is 5.97. The molecule has 0 saturated carbocycles. The van der Waals surface area contributed by atoms with Crippen LogP contribution in [0.2, 0.25) is 5.02 Å². The molecule has 0 unspecified atom stereocenters. The van der Waals surface area contributed by atoms with Crippen LogP contribution in [0.4, 0.5) is 25.1 Å². The third kappa shape index (κ3) is 4.52. The van der Waals surface area contributed by atoms with Gasteiger partial charge in [-0.2, -0.15) is 5.10 Å². The molecule has 0 spiro atoms. The van der Waals surface area contributed by atoms with Gasteiger partial charge in [-0.1, -0.05) is 29.8 Å². The van der Waals surface area contributed by atoms with Gasteiger partial charge in [-0.15, -0.1) is 0 Å². The zero-order chi connectivity index (χ0) is 22.7. The highest BCUT2D eigenvalue weighted by Gasteiger charge is 2.22. The molecule has 0 aliphatic rings. The van der Waals surface area contributed by atoms with E-state index in [9.17, 15) is 13.6 Å². The van der Waals surface area contributed by atoms with Gasteiger partial charge in [-0.3, -0.25) is 4.98 Å². The summed E-state index contributed by atoms with van der Waals surface area (Å²) in [6.45, 7) is 0.176. The first-order valence-electron chi connectivity index (χ1n) is 9.47. The number of amides is 2. The van der Waals surface area contributed by atoms with Crippen LogP contribution < -0.4 is 16.4 Å². The van der Waals surface area contributed by atoms with Crippen molar-refractivity contribution < 1.29 is 13.6 Å². The van der Waals surface area contributed by atoms with E-state index in [0.29, 0.717) is 16.3 Å². The minimum Gasteiger partial charge on any atom is -0.382 e. The zero-order valence-electron chi connectivity index (χ0n) is 16.5. The van der Waals surface area contributed by atoms with Crippen molar-refractivity contribution in [1.29, 1.82) is 0 Å². The highest BCUT2D eigenvalue weighted by atomic mass is 35.5. The van der Waals surface area contributed by atoms with Crippen molar-refractivity contribution >= 4 is 29.1 Å². The van der Waals surface area contributed by atoms with Crippen LogP contribution in [0, 0.1) is 11.6 Å². The summed E-state index contributed by atoms with van der Waals surface area (Å²) in [5.41, 5.74) is 7.63. The number of nitrogens with two attached hydrogens (primary N) is 1. The summed E-state index contributed by atoms with van der Waals surface area (Å²) in [6.07, 6.45) is 1.61. The van der Waals surface area contributed by atoms with E-state index in [1.165, 1.54) is 0 Å². The SMILES string of the molecule is Nc1c(NC(=O)NCc2ccccn2)c(-c2ccc(Cl)cc2)nn1-c1cc(F)ccc1F. The van der Waals surface area contributed by atoms with Crippen LogP contribution in [-0.2, 0) is 6.54 Å². The Labute approximate surface area is 186 Å². The normalized spacial score (nSPS) is 10.7. The maximum Gasteiger partial charge on any atom is 0.319 e. The highest BCUT2D eigenvalue weighted by Crippen LogP contribution is 2.35. The van der Waals surface area contributed by atoms with Gasteiger partial charge in [0.15, 0.2) is 5.82 Å². The standard InChI is InChI=1S/C22H17ClF2N6O/c23-14-6-4-13(5-7-14)19-20(29-22(32)28-12-16-3-1-2-10-27-16)21(26)31(30-19)18-11-15(24)8-9-17(18)25/h1-11H,12,26H2,(H2,28,29,32). The molecule has 162 valence electrons. The number of hydrogen-bond acceptors (Lipinski definition) is 4. The van der Waals surface area contributed by atoms with Crippen molar-refractivity contribution in [2.24, 2.45) is 0 Å². The number of nitrogens with zero attached hydrogens (tertiary/aromatic N) is 3. The second kappa shape index (κ2) is 9.03. The van der Waals surface area contributed by atoms with E-state index in [2.05, 4.69) is 20.7 Å². The van der Waals surface area contributed by atoms with Gasteiger partial charge in [0.05, 0.1) is 12.2 Å². The number of anilines is 2. The van der Waals surface area contributed by atoms with Crippen molar-refractivity contribution in [3.05, 3.63) is 89.2 Å². The molecule has 4 aromatic rings. The largest absolute Gasteiger partial charge is 0.382 e. The van der Waals surface area contributed by atoms with Crippen LogP contribution in [0.5, 0.6) is 0 Å². The monoisotopic (exact) mass is 454 g/mol. The molecular formula is C22H17ClF2N6O. The Bertz CT molecular complexity index is 1260. The quantitative estimate of drug-likeness (QED) is 0.404. The number of rotatable bonds is 5. The van der Waals surface area contributed by atoms with Crippen molar-refractivity contribution in [2.45, 2.75) is 6.54 Å². The third-order valence-electron chi connectivity index (χ3n) is 4.57. The molecule has 0 aliphatic carbocycles. The molecule has 2 aromatic carbocycles. The molecule has 2 heterocycles. The first-order valence-corrected chi connectivity index (χ1v) is 9.85. The van der Waals surface area contributed by atoms with Crippen LogP contribution >= 0.6 is 11.6 Å². The number of aromatic nitrogens is 3. The summed E-state index contributed by atoms with van der Waals surface area (Å²) < 4.78 is 29.2. The van der Waals surface area contributed by atoms with Crippen molar-refractivity contribution in [2.75, 3.05) is 11.1 Å². The molecule has 0 fully saturated rings. The molecule has 4 rings (SSSR count). The lowest BCUT2D eigenvalue weighted by atomic mass is 10.1. The second-order valence-electron chi connectivity index (χ2n) is 6.75. The van der Waals surface area contributed by atoms with Gasteiger partial charge in [0.2, 0.25) is 0 Å². The fourth-order valence-electron chi connectivity index (χ4n) is 3.03. The average Bonchev–Trinajstić information content (AvgIpc) is 3.11. The lowest BCUT2D eigenvalue weighted by Crippen LogP contribution is -2.29. The Balaban J connectivity index is 1.70. The van der Waals surface area contributed by atoms with Gasteiger partial charge in [0.25, 0.3) is 0 Å². The number of hydrogen-bond donors (Lipinski definition) is 3. The lowest BCUT2D eigenvalue weighted by Gasteiger charge is -2.09. The van der Waals surface area contributed by atoms with E-state index in [0.717, 1.165) is 22.9 Å². The predicted molar refractivity (Wildman–Crippen MR) is 118 cm³/mol. The van der Waals surface area contributed by atoms with E-state index >= 15 is 0 Å². The Morgan fingerprint density at radius 1 is 1.09 bits per heavy atom. The number of halogens is 3. The Morgan fingerprint density at radius 2 is 1.88 bits per heavy atom. The second-order valence-corrected chi connectivity index (χ2v) is 7.19. The molecule has 0 aliphatic heterocycles. The molecule has 10 heteroatoms. The molecule has 2 aromatic heterocycles. The third-order valence-corrected chi connectivity index (χ3v) is 4.82. The number of nitrogen functional groups attached to an aromatic ring is 1. The molecule has 32 heavy (non-hydrogen) atoms. The molecule has 0 bridgehead atoms. The molecule has 0 radical (unpaired) electrons. The molecule has 2 amide bonds. The number of nitrogens with one attached hydrogen (secondary N) is 2. The fraction of sp³-hybridized carbons (Fsp3) is 0.0455. The summed E-state index contributed by atoms with van der Waals surface area (Å²) in [4.78, 5) is 16.7. The van der Waals surface area contributed by atoms with Crippen molar-refractivity contribution in [3.63, 3.8) is 0 Å². The molecular weight excluding hydrogens is 438 g/mol. The molecule has 4 N–H and O–H groups in total. The van der Waals surface area contributed by atoms with Crippen LogP contribution in [-0.4, -0.2) is 20.8 Å². The molecule has 7 nitrogen and oxygen atoms in total. The average molecular weight is 455 g/mol. The van der Waals surface area contributed by atoms with E-state index < -0.39 is 17.7 Å². The van der Waals surface area contributed by atoms with Gasteiger partial charge in [-0.05, 0) is 36.4 Å². The van der Waals surface area contributed by atoms with Gasteiger partial charge >= 0.3 is 6.03 Å². The minimum atomic E-state index is -0.727. The van der Waals surface area contributed by atoms with E-state index in [4.69, 9.17) is 17.3 Å². The number of carbonyl (C=O) groups is 1. The summed E-state index contributed by atoms with van der Waals surface area (Å²) in [5.74, 6) is -1.46. The topological polar surface area (TPSA) is 97.9 Å². The van der Waals surface area contributed by atoms with Crippen LogP contribution in [0.25, 0.3) is 16.9 Å². The molecule has 0 saturated heterocycles. The highest BCUT2D eigenvalue weighted by molar-refractivity contribution is 6.30. The maximum atomic E-state index is 14.4. The summed E-state index contributed by atoms with van der Waals surface area (Å²) in [6, 6.07) is 14.3. The first kappa shape index (κ1) is 21.3. The Morgan fingerprint density at radius 3 is 2.59 bits per heavy atom. The lowest BCUT2D eigenvalue weighted by molar-refractivity contribution is 0.251. The van der Waals surface area contributed by atoms with E-state index in [-0.39, 0.29) is 29.4 Å². The summed E-state index contributed by atoms with van der Waals surface area (Å²) in [5, 5.41) is 10.2. The summed E-state index contributed by atoms with van der Waals surface area (Å²) in [7, 11) is 0. The van der Waals surface area contributed by atoms with Crippen LogP contribution in [0.15, 0.2) is 66.9 Å². The predicted octanol–water partition coefficient (Wildman–Crippen LogP) is 4.77. The van der Waals surface area contributed by atoms with Gasteiger partial charge in [0, 0.05) is 22.8 Å². The molecule has 0 atom stereocenters. The zero-order valence-corrected chi connectivity index (χ0v) is 17.3. The Hall–Kier alpha value is -3.98. The minimum absolute atomic E-state index is 0.0764. The van der Waals surface area contributed by atoms with Gasteiger partial charge < -0.3 is 16.4 Å². The number of pyridine rings is 1. The van der Waals surface area contributed by atoms with E-state index in [1.807, 2.05) is 0 Å².